The number of nitrogens with two attached hydrogens (primary N) is 1. The fourth-order valence-corrected chi connectivity index (χ4v) is 2.28. The number of aromatic nitrogens is 1. The molecule has 5 heteroatoms. The van der Waals surface area contributed by atoms with Gasteiger partial charge < -0.3 is 10.5 Å². The monoisotopic (exact) mass is 222 g/mol. The molecule has 0 aliphatic rings. The molecule has 2 rings (SSSR count). The molecule has 0 atom stereocenters. The molecule has 0 aliphatic heterocycles. The van der Waals surface area contributed by atoms with Gasteiger partial charge in [0.15, 0.2) is 5.69 Å². The van der Waals surface area contributed by atoms with E-state index in [0.29, 0.717) is 12.2 Å². The zero-order chi connectivity index (χ0) is 10.8. The maximum atomic E-state index is 11.4. The van der Waals surface area contributed by atoms with Gasteiger partial charge >= 0.3 is 5.97 Å². The lowest BCUT2D eigenvalue weighted by atomic mass is 10.1. The molecule has 2 aromatic rings. The van der Waals surface area contributed by atoms with E-state index in [0.717, 1.165) is 15.6 Å². The van der Waals surface area contributed by atoms with Gasteiger partial charge in [0.05, 0.1) is 11.8 Å². The Morgan fingerprint density at radius 3 is 3.07 bits per heavy atom. The summed E-state index contributed by atoms with van der Waals surface area (Å²) in [6.07, 6.45) is 0. The fourth-order valence-electron chi connectivity index (χ4n) is 1.47. The molecule has 0 aliphatic carbocycles. The zero-order valence-corrected chi connectivity index (χ0v) is 9.00. The normalized spacial score (nSPS) is 10.5. The standard InChI is InChI=1S/C10H10N2O2S/c1-14-10(13)9-8-6(5-11)3-2-4-7(8)15-12-9/h2-4H,5,11H2,1H3. The van der Waals surface area contributed by atoms with Crippen LogP contribution in [0.25, 0.3) is 10.1 Å². The summed E-state index contributed by atoms with van der Waals surface area (Å²) in [6, 6.07) is 5.71. The number of hydrogen-bond donors (Lipinski definition) is 1. The molecule has 1 heterocycles. The summed E-state index contributed by atoms with van der Waals surface area (Å²) in [5.41, 5.74) is 6.89. The lowest BCUT2D eigenvalue weighted by Gasteiger charge is -2.00. The molecule has 1 aromatic heterocycles. The average Bonchev–Trinajstić information content (AvgIpc) is 2.71. The smallest absolute Gasteiger partial charge is 0.358 e. The van der Waals surface area contributed by atoms with E-state index in [1.807, 2.05) is 18.2 Å². The molecule has 1 aromatic carbocycles. The van der Waals surface area contributed by atoms with E-state index < -0.39 is 5.97 Å². The quantitative estimate of drug-likeness (QED) is 0.783. The summed E-state index contributed by atoms with van der Waals surface area (Å²) < 4.78 is 9.71. The SMILES string of the molecule is COC(=O)c1nsc2cccc(CN)c12. The van der Waals surface area contributed by atoms with Crippen LogP contribution in [-0.4, -0.2) is 17.5 Å². The van der Waals surface area contributed by atoms with Gasteiger partial charge in [-0.05, 0) is 23.2 Å². The Balaban J connectivity index is 2.71. The Kier molecular flexibility index (Phi) is 2.66. The van der Waals surface area contributed by atoms with Crippen LogP contribution >= 0.6 is 11.5 Å². The molecular formula is C10H10N2O2S. The predicted molar refractivity (Wildman–Crippen MR) is 58.9 cm³/mol. The van der Waals surface area contributed by atoms with Crippen molar-refractivity contribution in [1.82, 2.24) is 4.37 Å². The maximum absolute atomic E-state index is 11.4. The van der Waals surface area contributed by atoms with Crippen molar-refractivity contribution < 1.29 is 9.53 Å². The average molecular weight is 222 g/mol. The van der Waals surface area contributed by atoms with E-state index >= 15 is 0 Å². The molecule has 0 fully saturated rings. The third kappa shape index (κ3) is 1.60. The van der Waals surface area contributed by atoms with Gasteiger partial charge in [0.1, 0.15) is 0 Å². The third-order valence-electron chi connectivity index (χ3n) is 2.18. The van der Waals surface area contributed by atoms with E-state index in [2.05, 4.69) is 9.11 Å². The van der Waals surface area contributed by atoms with Gasteiger partial charge in [-0.2, -0.15) is 4.37 Å². The number of carbonyl (C=O) groups is 1. The van der Waals surface area contributed by atoms with E-state index in [4.69, 9.17) is 5.73 Å². The highest BCUT2D eigenvalue weighted by Gasteiger charge is 2.16. The van der Waals surface area contributed by atoms with E-state index in [1.165, 1.54) is 18.6 Å². The minimum Gasteiger partial charge on any atom is -0.464 e. The van der Waals surface area contributed by atoms with Crippen LogP contribution in [0.4, 0.5) is 0 Å². The highest BCUT2D eigenvalue weighted by Crippen LogP contribution is 2.26. The van der Waals surface area contributed by atoms with Crippen molar-refractivity contribution >= 4 is 27.6 Å². The van der Waals surface area contributed by atoms with E-state index in [-0.39, 0.29) is 0 Å². The first-order valence-corrected chi connectivity index (χ1v) is 5.21. The van der Waals surface area contributed by atoms with Gasteiger partial charge in [-0.1, -0.05) is 12.1 Å². The van der Waals surface area contributed by atoms with Gasteiger partial charge in [-0.3, -0.25) is 0 Å². The minimum absolute atomic E-state index is 0.360. The second kappa shape index (κ2) is 3.96. The Morgan fingerprint density at radius 1 is 1.60 bits per heavy atom. The number of rotatable bonds is 2. The molecule has 0 spiro atoms. The van der Waals surface area contributed by atoms with Gasteiger partial charge in [0.25, 0.3) is 0 Å². The highest BCUT2D eigenvalue weighted by molar-refractivity contribution is 7.13. The summed E-state index contributed by atoms with van der Waals surface area (Å²) in [7, 11) is 1.35. The van der Waals surface area contributed by atoms with Crippen LogP contribution in [0.2, 0.25) is 0 Å². The Hall–Kier alpha value is -1.46. The van der Waals surface area contributed by atoms with Crippen LogP contribution in [0.5, 0.6) is 0 Å². The van der Waals surface area contributed by atoms with Crippen molar-refractivity contribution in [2.75, 3.05) is 7.11 Å². The minimum atomic E-state index is -0.415. The largest absolute Gasteiger partial charge is 0.464 e. The van der Waals surface area contributed by atoms with Crippen LogP contribution < -0.4 is 5.73 Å². The summed E-state index contributed by atoms with van der Waals surface area (Å²) in [4.78, 5) is 11.4. The molecule has 0 saturated carbocycles. The Bertz CT molecular complexity index is 507. The molecule has 78 valence electrons. The van der Waals surface area contributed by atoms with Crippen LogP contribution in [0.1, 0.15) is 16.1 Å². The molecule has 15 heavy (non-hydrogen) atoms. The van der Waals surface area contributed by atoms with Crippen LogP contribution in [0, 0.1) is 0 Å². The van der Waals surface area contributed by atoms with Crippen molar-refractivity contribution in [3.05, 3.63) is 29.5 Å². The second-order valence-electron chi connectivity index (χ2n) is 3.02. The van der Waals surface area contributed by atoms with Gasteiger partial charge in [-0.25, -0.2) is 4.79 Å². The Labute approximate surface area is 90.8 Å². The van der Waals surface area contributed by atoms with Gasteiger partial charge in [0, 0.05) is 11.9 Å². The van der Waals surface area contributed by atoms with E-state index in [1.54, 1.807) is 0 Å². The molecule has 0 radical (unpaired) electrons. The molecule has 0 saturated heterocycles. The molecule has 4 nitrogen and oxygen atoms in total. The lowest BCUT2D eigenvalue weighted by molar-refractivity contribution is 0.0597. The summed E-state index contributed by atoms with van der Waals surface area (Å²) in [5, 5.41) is 0.817. The number of carbonyl (C=O) groups excluding carboxylic acids is 1. The highest BCUT2D eigenvalue weighted by atomic mass is 32.1. The van der Waals surface area contributed by atoms with Crippen molar-refractivity contribution in [3.63, 3.8) is 0 Å². The van der Waals surface area contributed by atoms with Crippen molar-refractivity contribution in [2.24, 2.45) is 5.73 Å². The van der Waals surface area contributed by atoms with Crippen molar-refractivity contribution in [2.45, 2.75) is 6.54 Å². The number of methoxy groups -OCH3 is 1. The number of nitrogens with zero attached hydrogens (tertiary/aromatic N) is 1. The number of hydrogen-bond acceptors (Lipinski definition) is 5. The molecule has 0 amide bonds. The van der Waals surface area contributed by atoms with Crippen LogP contribution in [-0.2, 0) is 11.3 Å². The Morgan fingerprint density at radius 2 is 2.40 bits per heavy atom. The van der Waals surface area contributed by atoms with Crippen molar-refractivity contribution in [1.29, 1.82) is 0 Å². The van der Waals surface area contributed by atoms with Gasteiger partial charge in [-0.15, -0.1) is 0 Å². The fraction of sp³-hybridized carbons (Fsp3) is 0.200. The lowest BCUT2D eigenvalue weighted by Crippen LogP contribution is -2.04. The van der Waals surface area contributed by atoms with E-state index in [9.17, 15) is 4.79 Å². The summed E-state index contributed by atoms with van der Waals surface area (Å²) in [6.45, 7) is 0.389. The van der Waals surface area contributed by atoms with Crippen LogP contribution in [0.15, 0.2) is 18.2 Å². The first kappa shape index (κ1) is 10.1. The number of fused-ring (bicyclic) bond motifs is 1. The van der Waals surface area contributed by atoms with Gasteiger partial charge in [0.2, 0.25) is 0 Å². The predicted octanol–water partition coefficient (Wildman–Crippen LogP) is 1.54. The summed E-state index contributed by atoms with van der Waals surface area (Å²) in [5.74, 6) is -0.415. The molecule has 0 unspecified atom stereocenters. The topological polar surface area (TPSA) is 65.2 Å². The zero-order valence-electron chi connectivity index (χ0n) is 8.19. The number of ether oxygens (including phenoxy) is 1. The molecular weight excluding hydrogens is 212 g/mol. The number of benzene rings is 1. The maximum Gasteiger partial charge on any atom is 0.358 e. The third-order valence-corrected chi connectivity index (χ3v) is 2.99. The second-order valence-corrected chi connectivity index (χ2v) is 3.82. The molecule has 0 bridgehead atoms. The van der Waals surface area contributed by atoms with Crippen molar-refractivity contribution in [3.8, 4) is 0 Å². The summed E-state index contributed by atoms with van der Waals surface area (Å²) >= 11 is 1.28. The first-order valence-electron chi connectivity index (χ1n) is 4.43. The first-order chi connectivity index (χ1) is 7.27. The number of esters is 1. The molecule has 2 N–H and O–H groups in total. The van der Waals surface area contributed by atoms with Crippen LogP contribution in [0.3, 0.4) is 0 Å².